The monoisotopic (exact) mass is 372 g/mol. The van der Waals surface area contributed by atoms with E-state index in [1.165, 1.54) is 6.07 Å². The van der Waals surface area contributed by atoms with E-state index in [2.05, 4.69) is 27.3 Å². The van der Waals surface area contributed by atoms with Gasteiger partial charge in [-0.05, 0) is 31.0 Å². The number of nitrogens with one attached hydrogen (secondary N) is 3. The van der Waals surface area contributed by atoms with E-state index in [-0.39, 0.29) is 41.6 Å². The Kier molecular flexibility index (Phi) is 5.84. The summed E-state index contributed by atoms with van der Waals surface area (Å²) in [7, 11) is -3.56. The van der Waals surface area contributed by atoms with Gasteiger partial charge in [0.1, 0.15) is 12.4 Å². The van der Waals surface area contributed by atoms with Gasteiger partial charge in [0, 0.05) is 18.2 Å². The zero-order chi connectivity index (χ0) is 16.4. The van der Waals surface area contributed by atoms with Gasteiger partial charge in [0.25, 0.3) is 10.0 Å². The summed E-state index contributed by atoms with van der Waals surface area (Å²) in [5.74, 6) is 0.436. The molecule has 0 aliphatic carbocycles. The van der Waals surface area contributed by atoms with Crippen molar-refractivity contribution in [3.63, 3.8) is 0 Å². The third-order valence-corrected chi connectivity index (χ3v) is 5.61. The summed E-state index contributed by atoms with van der Waals surface area (Å²) in [6, 6.07) is 6.69. The molecule has 1 saturated heterocycles. The van der Waals surface area contributed by atoms with E-state index in [0.29, 0.717) is 11.5 Å². The van der Waals surface area contributed by atoms with Crippen LogP contribution in [-0.4, -0.2) is 45.8 Å². The average Bonchev–Trinajstić information content (AvgIpc) is 2.79. The average molecular weight is 373 g/mol. The molecule has 1 aromatic carbocycles. The lowest BCUT2D eigenvalue weighted by Crippen LogP contribution is -2.50. The second kappa shape index (κ2) is 7.50. The number of hydrogen-bond acceptors (Lipinski definition) is 5. The number of amides is 1. The molecule has 0 bridgehead atoms. The van der Waals surface area contributed by atoms with Gasteiger partial charge in [-0.25, -0.2) is 8.42 Å². The normalized spacial score (nSPS) is 26.1. The molecule has 7 nitrogen and oxygen atoms in total. The molecule has 2 aliphatic rings. The third-order valence-electron chi connectivity index (χ3n) is 4.22. The van der Waals surface area contributed by atoms with Crippen LogP contribution in [0.2, 0.25) is 0 Å². The van der Waals surface area contributed by atoms with Crippen molar-refractivity contribution in [1.82, 2.24) is 15.4 Å². The SMILES string of the molecule is CC1CCNCC1NC(=O)CN=C1NS(=O)(=O)c2ccccc21.Cl. The molecule has 24 heavy (non-hydrogen) atoms. The summed E-state index contributed by atoms with van der Waals surface area (Å²) in [6.07, 6.45) is 1.02. The minimum absolute atomic E-state index is 0. The highest BCUT2D eigenvalue weighted by atomic mass is 35.5. The quantitative estimate of drug-likeness (QED) is 0.708. The fourth-order valence-corrected chi connectivity index (χ4v) is 4.09. The highest BCUT2D eigenvalue weighted by Gasteiger charge is 2.30. The minimum atomic E-state index is -3.56. The first-order valence-corrected chi connectivity index (χ1v) is 9.12. The molecule has 9 heteroatoms. The molecule has 1 amide bonds. The van der Waals surface area contributed by atoms with E-state index >= 15 is 0 Å². The second-order valence-corrected chi connectivity index (χ2v) is 7.56. The number of amidine groups is 1. The fraction of sp³-hybridized carbons (Fsp3) is 0.467. The van der Waals surface area contributed by atoms with Crippen LogP contribution >= 0.6 is 12.4 Å². The maximum atomic E-state index is 12.1. The predicted molar refractivity (Wildman–Crippen MR) is 94.0 cm³/mol. The zero-order valence-corrected chi connectivity index (χ0v) is 14.9. The van der Waals surface area contributed by atoms with Gasteiger partial charge < -0.3 is 10.6 Å². The Hall–Kier alpha value is -1.64. The first-order valence-electron chi connectivity index (χ1n) is 7.64. The Morgan fingerprint density at radius 1 is 1.38 bits per heavy atom. The van der Waals surface area contributed by atoms with Crippen molar-refractivity contribution in [3.8, 4) is 0 Å². The van der Waals surface area contributed by atoms with E-state index in [9.17, 15) is 13.2 Å². The smallest absolute Gasteiger partial charge is 0.263 e. The Morgan fingerprint density at radius 2 is 2.12 bits per heavy atom. The van der Waals surface area contributed by atoms with Crippen LogP contribution in [0.4, 0.5) is 0 Å². The van der Waals surface area contributed by atoms with Crippen molar-refractivity contribution < 1.29 is 13.2 Å². The Labute approximate surface area is 147 Å². The van der Waals surface area contributed by atoms with Gasteiger partial charge in [-0.15, -0.1) is 12.4 Å². The molecule has 3 N–H and O–H groups in total. The molecule has 132 valence electrons. The Bertz CT molecular complexity index is 751. The standard InChI is InChI=1S/C15H20N4O3S.ClH/c1-10-6-7-16-8-12(10)18-14(20)9-17-15-11-4-2-3-5-13(11)23(21,22)19-15;/h2-5,10,12,16H,6-9H2,1H3,(H,17,19)(H,18,20);1H. The molecule has 0 aromatic heterocycles. The van der Waals surface area contributed by atoms with Gasteiger partial charge in [-0.1, -0.05) is 19.1 Å². The first kappa shape index (κ1) is 18.7. The maximum Gasteiger partial charge on any atom is 0.263 e. The molecule has 1 fully saturated rings. The van der Waals surface area contributed by atoms with Gasteiger partial charge >= 0.3 is 0 Å². The van der Waals surface area contributed by atoms with E-state index in [0.717, 1.165) is 19.5 Å². The molecule has 0 radical (unpaired) electrons. The number of halogens is 1. The number of benzene rings is 1. The van der Waals surface area contributed by atoms with E-state index < -0.39 is 10.0 Å². The molecule has 2 aliphatic heterocycles. The van der Waals surface area contributed by atoms with E-state index in [4.69, 9.17) is 0 Å². The first-order chi connectivity index (χ1) is 11.0. The number of carbonyl (C=O) groups excluding carboxylic acids is 1. The van der Waals surface area contributed by atoms with Gasteiger partial charge in [0.2, 0.25) is 5.91 Å². The van der Waals surface area contributed by atoms with Crippen LogP contribution in [-0.2, 0) is 14.8 Å². The second-order valence-electron chi connectivity index (χ2n) is 5.91. The lowest BCUT2D eigenvalue weighted by molar-refractivity contribution is -0.120. The van der Waals surface area contributed by atoms with Crippen molar-refractivity contribution >= 4 is 34.2 Å². The molecule has 2 unspecified atom stereocenters. The van der Waals surface area contributed by atoms with Crippen LogP contribution in [0.15, 0.2) is 34.2 Å². The summed E-state index contributed by atoms with van der Waals surface area (Å²) in [5, 5.41) is 6.20. The molecule has 0 spiro atoms. The summed E-state index contributed by atoms with van der Waals surface area (Å²) in [4.78, 5) is 16.4. The van der Waals surface area contributed by atoms with Crippen LogP contribution in [0.3, 0.4) is 0 Å². The zero-order valence-electron chi connectivity index (χ0n) is 13.3. The van der Waals surface area contributed by atoms with Crippen molar-refractivity contribution in [2.24, 2.45) is 10.9 Å². The van der Waals surface area contributed by atoms with Crippen LogP contribution in [0.5, 0.6) is 0 Å². The van der Waals surface area contributed by atoms with Gasteiger partial charge in [0.05, 0.1) is 4.90 Å². The van der Waals surface area contributed by atoms with Gasteiger partial charge in [-0.3, -0.25) is 14.5 Å². The number of piperidine rings is 1. The van der Waals surface area contributed by atoms with Crippen LogP contribution in [0.1, 0.15) is 18.9 Å². The summed E-state index contributed by atoms with van der Waals surface area (Å²) in [6.45, 7) is 3.72. The Morgan fingerprint density at radius 3 is 2.88 bits per heavy atom. The maximum absolute atomic E-state index is 12.1. The van der Waals surface area contributed by atoms with E-state index in [1.807, 2.05) is 0 Å². The molecule has 0 saturated carbocycles. The molecule has 3 rings (SSSR count). The van der Waals surface area contributed by atoms with Crippen molar-refractivity contribution in [3.05, 3.63) is 29.8 Å². The predicted octanol–water partition coefficient (Wildman–Crippen LogP) is 0.261. The van der Waals surface area contributed by atoms with Gasteiger partial charge in [0.15, 0.2) is 0 Å². The number of aliphatic imine (C=N–C) groups is 1. The topological polar surface area (TPSA) is 99.7 Å². The lowest BCUT2D eigenvalue weighted by Gasteiger charge is -2.30. The number of rotatable bonds is 3. The number of sulfonamides is 1. The lowest BCUT2D eigenvalue weighted by atomic mass is 9.95. The van der Waals surface area contributed by atoms with Crippen LogP contribution in [0, 0.1) is 5.92 Å². The molecular formula is C15H21ClN4O3S. The highest BCUT2D eigenvalue weighted by Crippen LogP contribution is 2.22. The minimum Gasteiger partial charge on any atom is -0.350 e. The number of carbonyl (C=O) groups is 1. The molecular weight excluding hydrogens is 352 g/mol. The van der Waals surface area contributed by atoms with Crippen molar-refractivity contribution in [2.75, 3.05) is 19.6 Å². The number of fused-ring (bicyclic) bond motifs is 1. The number of hydrogen-bond donors (Lipinski definition) is 3. The van der Waals surface area contributed by atoms with Crippen LogP contribution in [0.25, 0.3) is 0 Å². The molecule has 2 heterocycles. The fourth-order valence-electron chi connectivity index (χ4n) is 2.84. The van der Waals surface area contributed by atoms with Crippen LogP contribution < -0.4 is 15.4 Å². The third kappa shape index (κ3) is 3.88. The largest absolute Gasteiger partial charge is 0.350 e. The van der Waals surface area contributed by atoms with Crippen molar-refractivity contribution in [2.45, 2.75) is 24.3 Å². The van der Waals surface area contributed by atoms with Gasteiger partial charge in [-0.2, -0.15) is 0 Å². The summed E-state index contributed by atoms with van der Waals surface area (Å²) >= 11 is 0. The Balaban J connectivity index is 0.00000208. The summed E-state index contributed by atoms with van der Waals surface area (Å²) in [5.41, 5.74) is 0.507. The highest BCUT2D eigenvalue weighted by molar-refractivity contribution is 7.90. The molecule has 1 aromatic rings. The van der Waals surface area contributed by atoms with Crippen molar-refractivity contribution in [1.29, 1.82) is 0 Å². The summed E-state index contributed by atoms with van der Waals surface area (Å²) < 4.78 is 26.3. The van der Waals surface area contributed by atoms with E-state index in [1.54, 1.807) is 18.2 Å². The number of nitrogens with zero attached hydrogens (tertiary/aromatic N) is 1. The molecule has 2 atom stereocenters.